The molecular formula is C22H19N3O3S. The molecule has 0 radical (unpaired) electrons. The summed E-state index contributed by atoms with van der Waals surface area (Å²) in [5.74, 6) is 0.790. The topological polar surface area (TPSA) is 73.6 Å². The summed E-state index contributed by atoms with van der Waals surface area (Å²) in [7, 11) is 0. The molecule has 4 rings (SSSR count). The van der Waals surface area contributed by atoms with Crippen molar-refractivity contribution in [3.8, 4) is 11.3 Å². The van der Waals surface area contributed by atoms with Gasteiger partial charge in [0, 0.05) is 23.1 Å². The monoisotopic (exact) mass is 405 g/mol. The number of nitrogens with zero attached hydrogens (tertiary/aromatic N) is 3. The van der Waals surface area contributed by atoms with Crippen molar-refractivity contribution in [1.82, 2.24) is 4.57 Å². The van der Waals surface area contributed by atoms with Crippen LogP contribution in [0.2, 0.25) is 0 Å². The van der Waals surface area contributed by atoms with Gasteiger partial charge < -0.3 is 8.98 Å². The predicted octanol–water partition coefficient (Wildman–Crippen LogP) is 5.62. The molecule has 0 atom stereocenters. The van der Waals surface area contributed by atoms with Crippen molar-refractivity contribution in [2.75, 3.05) is 0 Å². The molecule has 2 heterocycles. The van der Waals surface area contributed by atoms with Gasteiger partial charge in [0.25, 0.3) is 5.69 Å². The Kier molecular flexibility index (Phi) is 5.14. The standard InChI is InChI=1S/C22H19N3O3S/c1-15-6-3-7-16(2)21(15)23-22-24(13-19-10-5-11-28-19)20(14-29-22)17-8-4-9-18(12-17)25(26)27/h3-12,14H,13H2,1-2H3. The number of hydrogen-bond donors (Lipinski definition) is 0. The van der Waals surface area contributed by atoms with Crippen molar-refractivity contribution >= 4 is 22.7 Å². The molecule has 2 aromatic carbocycles. The number of nitro benzene ring substituents is 1. The fraction of sp³-hybridized carbons (Fsp3) is 0.136. The number of benzene rings is 2. The lowest BCUT2D eigenvalue weighted by atomic mass is 10.1. The molecule has 0 spiro atoms. The minimum atomic E-state index is -0.380. The van der Waals surface area contributed by atoms with Crippen molar-refractivity contribution in [3.05, 3.63) is 98.0 Å². The molecule has 6 nitrogen and oxygen atoms in total. The van der Waals surface area contributed by atoms with Crippen molar-refractivity contribution in [3.63, 3.8) is 0 Å². The van der Waals surface area contributed by atoms with Crippen LogP contribution in [0.3, 0.4) is 0 Å². The van der Waals surface area contributed by atoms with E-state index in [1.54, 1.807) is 18.4 Å². The Balaban J connectivity index is 1.90. The van der Waals surface area contributed by atoms with Crippen LogP contribution >= 0.6 is 11.3 Å². The van der Waals surface area contributed by atoms with Crippen molar-refractivity contribution < 1.29 is 9.34 Å². The van der Waals surface area contributed by atoms with E-state index >= 15 is 0 Å². The van der Waals surface area contributed by atoms with E-state index in [1.807, 2.05) is 60.2 Å². The number of aryl methyl sites for hydroxylation is 2. The first kappa shape index (κ1) is 18.9. The van der Waals surface area contributed by atoms with Crippen LogP contribution in [0.1, 0.15) is 16.9 Å². The van der Waals surface area contributed by atoms with E-state index in [2.05, 4.69) is 0 Å². The lowest BCUT2D eigenvalue weighted by Gasteiger charge is -2.09. The average Bonchev–Trinajstić information content (AvgIpc) is 3.36. The Labute approximate surface area is 171 Å². The van der Waals surface area contributed by atoms with E-state index < -0.39 is 0 Å². The van der Waals surface area contributed by atoms with Gasteiger partial charge in [-0.15, -0.1) is 11.3 Å². The predicted molar refractivity (Wildman–Crippen MR) is 113 cm³/mol. The number of non-ortho nitro benzene ring substituents is 1. The van der Waals surface area contributed by atoms with E-state index in [9.17, 15) is 10.1 Å². The third-order valence-corrected chi connectivity index (χ3v) is 5.55. The van der Waals surface area contributed by atoms with Gasteiger partial charge in [-0.05, 0) is 37.1 Å². The van der Waals surface area contributed by atoms with Gasteiger partial charge in [0.1, 0.15) is 5.76 Å². The lowest BCUT2D eigenvalue weighted by molar-refractivity contribution is -0.384. The van der Waals surface area contributed by atoms with E-state index in [1.165, 1.54) is 17.4 Å². The summed E-state index contributed by atoms with van der Waals surface area (Å²) >= 11 is 1.50. The second-order valence-corrected chi connectivity index (χ2v) is 7.57. The fourth-order valence-electron chi connectivity index (χ4n) is 3.22. The number of rotatable bonds is 5. The van der Waals surface area contributed by atoms with Crippen LogP contribution in [0.15, 0.2) is 75.7 Å². The summed E-state index contributed by atoms with van der Waals surface area (Å²) in [6, 6.07) is 16.5. The fourth-order valence-corrected chi connectivity index (χ4v) is 4.13. The molecule has 29 heavy (non-hydrogen) atoms. The number of para-hydroxylation sites is 1. The third-order valence-electron chi connectivity index (χ3n) is 4.69. The summed E-state index contributed by atoms with van der Waals surface area (Å²) in [5, 5.41) is 13.2. The highest BCUT2D eigenvalue weighted by atomic mass is 32.1. The van der Waals surface area contributed by atoms with Gasteiger partial charge >= 0.3 is 0 Å². The Morgan fingerprint density at radius 3 is 2.55 bits per heavy atom. The smallest absolute Gasteiger partial charge is 0.270 e. The van der Waals surface area contributed by atoms with Gasteiger partial charge in [-0.1, -0.05) is 30.3 Å². The lowest BCUT2D eigenvalue weighted by Crippen LogP contribution is -2.16. The molecule has 0 aliphatic rings. The van der Waals surface area contributed by atoms with Crippen LogP contribution in [0.4, 0.5) is 11.4 Å². The number of hydrogen-bond acceptors (Lipinski definition) is 5. The molecule has 0 bridgehead atoms. The molecule has 0 amide bonds. The van der Waals surface area contributed by atoms with Crippen LogP contribution in [0.5, 0.6) is 0 Å². The number of furan rings is 1. The summed E-state index contributed by atoms with van der Waals surface area (Å²) < 4.78 is 7.58. The van der Waals surface area contributed by atoms with Crippen molar-refractivity contribution in [2.24, 2.45) is 4.99 Å². The van der Waals surface area contributed by atoms with Crippen LogP contribution < -0.4 is 4.80 Å². The normalized spacial score (nSPS) is 11.7. The maximum absolute atomic E-state index is 11.2. The first-order valence-electron chi connectivity index (χ1n) is 9.09. The van der Waals surface area contributed by atoms with Gasteiger partial charge in [-0.3, -0.25) is 10.1 Å². The largest absolute Gasteiger partial charge is 0.467 e. The van der Waals surface area contributed by atoms with Gasteiger partial charge in [0.05, 0.1) is 29.1 Å². The van der Waals surface area contributed by atoms with E-state index in [4.69, 9.17) is 9.41 Å². The highest BCUT2D eigenvalue weighted by molar-refractivity contribution is 7.07. The summed E-state index contributed by atoms with van der Waals surface area (Å²) in [5.41, 5.74) is 4.82. The summed E-state index contributed by atoms with van der Waals surface area (Å²) in [6.07, 6.45) is 1.64. The zero-order valence-electron chi connectivity index (χ0n) is 16.0. The summed E-state index contributed by atoms with van der Waals surface area (Å²) in [4.78, 5) is 16.6. The van der Waals surface area contributed by atoms with Gasteiger partial charge in [0.15, 0.2) is 4.80 Å². The molecule has 0 N–H and O–H groups in total. The Hall–Kier alpha value is -3.45. The second kappa shape index (κ2) is 7.89. The second-order valence-electron chi connectivity index (χ2n) is 6.73. The number of aromatic nitrogens is 1. The SMILES string of the molecule is Cc1cccc(C)c1N=c1scc(-c2cccc([N+](=O)[O-])c2)n1Cc1ccco1. The van der Waals surface area contributed by atoms with Crippen LogP contribution in [-0.4, -0.2) is 9.49 Å². The van der Waals surface area contributed by atoms with Crippen molar-refractivity contribution in [2.45, 2.75) is 20.4 Å². The number of thiazole rings is 1. The third kappa shape index (κ3) is 3.90. The molecule has 4 aromatic rings. The van der Waals surface area contributed by atoms with Crippen molar-refractivity contribution in [1.29, 1.82) is 0 Å². The Bertz CT molecular complexity index is 1220. The quantitative estimate of drug-likeness (QED) is 0.320. The molecule has 0 saturated heterocycles. The van der Waals surface area contributed by atoms with Gasteiger partial charge in [0.2, 0.25) is 0 Å². The molecule has 146 valence electrons. The molecule has 2 aromatic heterocycles. The van der Waals surface area contributed by atoms with Gasteiger partial charge in [-0.25, -0.2) is 4.99 Å². The zero-order valence-corrected chi connectivity index (χ0v) is 16.8. The van der Waals surface area contributed by atoms with Gasteiger partial charge in [-0.2, -0.15) is 0 Å². The van der Waals surface area contributed by atoms with Crippen LogP contribution in [0.25, 0.3) is 11.3 Å². The molecular weight excluding hydrogens is 386 g/mol. The van der Waals surface area contributed by atoms with Crippen LogP contribution in [-0.2, 0) is 6.54 Å². The Morgan fingerprint density at radius 1 is 1.10 bits per heavy atom. The van der Waals surface area contributed by atoms with Crippen LogP contribution in [0, 0.1) is 24.0 Å². The molecule has 0 aliphatic heterocycles. The number of nitro groups is 1. The minimum Gasteiger partial charge on any atom is -0.467 e. The molecule has 0 aliphatic carbocycles. The van der Waals surface area contributed by atoms with E-state index in [0.717, 1.165) is 38.6 Å². The molecule has 0 saturated carbocycles. The average molecular weight is 405 g/mol. The maximum Gasteiger partial charge on any atom is 0.270 e. The van der Waals surface area contributed by atoms with E-state index in [0.29, 0.717) is 6.54 Å². The first-order chi connectivity index (χ1) is 14.0. The highest BCUT2D eigenvalue weighted by Gasteiger charge is 2.14. The minimum absolute atomic E-state index is 0.0616. The first-order valence-corrected chi connectivity index (χ1v) is 9.97. The maximum atomic E-state index is 11.2. The zero-order chi connectivity index (χ0) is 20.4. The molecule has 0 unspecified atom stereocenters. The highest BCUT2D eigenvalue weighted by Crippen LogP contribution is 2.27. The summed E-state index contributed by atoms with van der Waals surface area (Å²) in [6.45, 7) is 4.56. The molecule has 7 heteroatoms. The Morgan fingerprint density at radius 2 is 1.86 bits per heavy atom. The van der Waals surface area contributed by atoms with E-state index in [-0.39, 0.29) is 10.6 Å². The molecule has 0 fully saturated rings.